The van der Waals surface area contributed by atoms with Crippen LogP contribution in [0, 0.1) is 29.6 Å². The molecule has 1 heterocycles. The third kappa shape index (κ3) is 2.36. The van der Waals surface area contributed by atoms with Gasteiger partial charge >= 0.3 is 0 Å². The number of hydrazone groups is 1. The lowest BCUT2D eigenvalue weighted by Gasteiger charge is -2.08. The number of rotatable bonds is 2. The van der Waals surface area contributed by atoms with Gasteiger partial charge in [0.05, 0.1) is 11.2 Å². The summed E-state index contributed by atoms with van der Waals surface area (Å²) >= 11 is 0. The van der Waals surface area contributed by atoms with Gasteiger partial charge in [0.15, 0.2) is 0 Å². The molecule has 2 aromatic rings. The van der Waals surface area contributed by atoms with Crippen molar-refractivity contribution in [2.75, 3.05) is 5.43 Å². The number of nitriles is 2. The molecule has 0 bridgehead atoms. The number of aromatic nitrogens is 1. The monoisotopic (exact) mass is 265 g/mol. The lowest BCUT2D eigenvalue weighted by molar-refractivity contribution is 0.893. The van der Waals surface area contributed by atoms with Crippen molar-refractivity contribution in [3.05, 3.63) is 40.2 Å². The first kappa shape index (κ1) is 13.3. The Bertz CT molecular complexity index is 833. The molecule has 0 radical (unpaired) electrons. The Balaban J connectivity index is 2.49. The van der Waals surface area contributed by atoms with Crippen molar-refractivity contribution in [2.24, 2.45) is 12.1 Å². The van der Waals surface area contributed by atoms with Crippen LogP contribution in [0.25, 0.3) is 10.9 Å². The Morgan fingerprint density at radius 2 is 2.00 bits per heavy atom. The Labute approximate surface area is 115 Å². The maximum absolute atomic E-state index is 11.8. The highest BCUT2D eigenvalue weighted by molar-refractivity contribution is 6.10. The van der Waals surface area contributed by atoms with Crippen molar-refractivity contribution in [1.82, 2.24) is 4.57 Å². The molecular weight excluding hydrogens is 254 g/mol. The molecule has 6 nitrogen and oxygen atoms in total. The van der Waals surface area contributed by atoms with E-state index in [2.05, 4.69) is 10.5 Å². The zero-order chi connectivity index (χ0) is 14.7. The normalized spacial score (nSPS) is 9.60. The molecule has 0 aliphatic heterocycles. The molecule has 0 aliphatic rings. The molecule has 2 rings (SSSR count). The van der Waals surface area contributed by atoms with E-state index in [4.69, 9.17) is 10.5 Å². The predicted molar refractivity (Wildman–Crippen MR) is 76.2 cm³/mol. The standard InChI is InChI=1S/C14H11N5O/c1-9-5-10-6-11(17-18-12(7-15)8-16)3-4-13(10)19(2)14(9)20/h3-6,17H,1-2H3. The first-order chi connectivity index (χ1) is 9.56. The van der Waals surface area contributed by atoms with Gasteiger partial charge in [0.2, 0.25) is 5.71 Å². The van der Waals surface area contributed by atoms with Gasteiger partial charge in [0.1, 0.15) is 12.1 Å². The van der Waals surface area contributed by atoms with Crippen LogP contribution in [0.2, 0.25) is 0 Å². The molecule has 0 fully saturated rings. The van der Waals surface area contributed by atoms with Gasteiger partial charge in [-0.3, -0.25) is 10.2 Å². The molecule has 1 N–H and O–H groups in total. The highest BCUT2D eigenvalue weighted by Gasteiger charge is 2.04. The van der Waals surface area contributed by atoms with E-state index in [1.807, 2.05) is 0 Å². The molecule has 0 saturated heterocycles. The first-order valence-electron chi connectivity index (χ1n) is 5.81. The van der Waals surface area contributed by atoms with E-state index in [1.165, 1.54) is 0 Å². The number of fused-ring (bicyclic) bond motifs is 1. The van der Waals surface area contributed by atoms with Crippen molar-refractivity contribution < 1.29 is 0 Å². The summed E-state index contributed by atoms with van der Waals surface area (Å²) in [6.45, 7) is 1.75. The summed E-state index contributed by atoms with van der Waals surface area (Å²) in [4.78, 5) is 11.8. The second-order valence-electron chi connectivity index (χ2n) is 4.26. The van der Waals surface area contributed by atoms with Gasteiger partial charge in [-0.05, 0) is 31.2 Å². The van der Waals surface area contributed by atoms with Crippen LogP contribution in [0.3, 0.4) is 0 Å². The van der Waals surface area contributed by atoms with E-state index >= 15 is 0 Å². The average Bonchev–Trinajstić information content (AvgIpc) is 2.46. The minimum atomic E-state index is -0.248. The van der Waals surface area contributed by atoms with Gasteiger partial charge in [-0.25, -0.2) is 0 Å². The SMILES string of the molecule is Cc1cc2cc(NN=C(C#N)C#N)ccc2n(C)c1=O. The maximum atomic E-state index is 11.8. The number of anilines is 1. The molecule has 98 valence electrons. The molecule has 1 aromatic heterocycles. The molecule has 1 aromatic carbocycles. The maximum Gasteiger partial charge on any atom is 0.253 e. The van der Waals surface area contributed by atoms with Crippen LogP contribution >= 0.6 is 0 Å². The number of nitrogens with zero attached hydrogens (tertiary/aromatic N) is 4. The summed E-state index contributed by atoms with van der Waals surface area (Å²) in [5.41, 5.74) is 4.45. The molecule has 0 atom stereocenters. The van der Waals surface area contributed by atoms with Gasteiger partial charge in [-0.2, -0.15) is 15.6 Å². The lowest BCUT2D eigenvalue weighted by atomic mass is 10.1. The quantitative estimate of drug-likeness (QED) is 0.660. The Morgan fingerprint density at radius 3 is 2.65 bits per heavy atom. The van der Waals surface area contributed by atoms with Gasteiger partial charge < -0.3 is 4.57 Å². The molecule has 0 amide bonds. The molecule has 6 heteroatoms. The van der Waals surface area contributed by atoms with Crippen molar-refractivity contribution in [3.63, 3.8) is 0 Å². The minimum Gasteiger partial charge on any atom is -0.311 e. The number of hydrogen-bond donors (Lipinski definition) is 1. The summed E-state index contributed by atoms with van der Waals surface area (Å²) in [6.07, 6.45) is 0. The molecule has 20 heavy (non-hydrogen) atoms. The fourth-order valence-electron chi connectivity index (χ4n) is 1.91. The third-order valence-electron chi connectivity index (χ3n) is 2.91. The molecule has 0 saturated carbocycles. The van der Waals surface area contributed by atoms with Crippen molar-refractivity contribution in [1.29, 1.82) is 10.5 Å². The summed E-state index contributed by atoms with van der Waals surface area (Å²) in [6, 6.07) is 10.4. The van der Waals surface area contributed by atoms with Gasteiger partial charge in [0.25, 0.3) is 5.56 Å². The fourth-order valence-corrected chi connectivity index (χ4v) is 1.91. The van der Waals surface area contributed by atoms with E-state index in [0.29, 0.717) is 11.3 Å². The van der Waals surface area contributed by atoms with Crippen LogP contribution in [-0.4, -0.2) is 10.3 Å². The molecule has 0 aliphatic carbocycles. The summed E-state index contributed by atoms with van der Waals surface area (Å²) < 4.78 is 1.58. The van der Waals surface area contributed by atoms with Crippen LogP contribution in [0.5, 0.6) is 0 Å². The second kappa shape index (κ2) is 5.25. The number of nitrogens with one attached hydrogen (secondary N) is 1. The lowest BCUT2D eigenvalue weighted by Crippen LogP contribution is -2.19. The number of hydrogen-bond acceptors (Lipinski definition) is 5. The third-order valence-corrected chi connectivity index (χ3v) is 2.91. The smallest absolute Gasteiger partial charge is 0.253 e. The minimum absolute atomic E-state index is 0.0347. The predicted octanol–water partition coefficient (Wildman–Crippen LogP) is 1.66. The highest BCUT2D eigenvalue weighted by Crippen LogP contribution is 2.18. The van der Waals surface area contributed by atoms with Gasteiger partial charge in [-0.1, -0.05) is 0 Å². The topological polar surface area (TPSA) is 94.0 Å². The summed E-state index contributed by atoms with van der Waals surface area (Å²) in [5.74, 6) is 0. The Kier molecular flexibility index (Phi) is 3.49. The van der Waals surface area contributed by atoms with Crippen molar-refractivity contribution >= 4 is 22.3 Å². The second-order valence-corrected chi connectivity index (χ2v) is 4.26. The fraction of sp³-hybridized carbons (Fsp3) is 0.143. The zero-order valence-corrected chi connectivity index (χ0v) is 11.0. The highest BCUT2D eigenvalue weighted by atomic mass is 16.1. The van der Waals surface area contributed by atoms with Gasteiger partial charge in [-0.15, -0.1) is 0 Å². The van der Waals surface area contributed by atoms with E-state index in [9.17, 15) is 4.79 Å². The van der Waals surface area contributed by atoms with E-state index in [1.54, 1.807) is 54.9 Å². The van der Waals surface area contributed by atoms with E-state index in [-0.39, 0.29) is 11.3 Å². The number of pyridine rings is 1. The number of benzene rings is 1. The number of aryl methyl sites for hydroxylation is 2. The van der Waals surface area contributed by atoms with Crippen molar-refractivity contribution in [2.45, 2.75) is 6.92 Å². The van der Waals surface area contributed by atoms with Crippen LogP contribution in [0.4, 0.5) is 5.69 Å². The van der Waals surface area contributed by atoms with Crippen LogP contribution in [0.1, 0.15) is 5.56 Å². The molecule has 0 spiro atoms. The summed E-state index contributed by atoms with van der Waals surface area (Å²) in [5, 5.41) is 21.7. The molecule has 0 unspecified atom stereocenters. The van der Waals surface area contributed by atoms with E-state index in [0.717, 1.165) is 10.9 Å². The van der Waals surface area contributed by atoms with Gasteiger partial charge in [0, 0.05) is 18.0 Å². The average molecular weight is 265 g/mol. The largest absolute Gasteiger partial charge is 0.311 e. The van der Waals surface area contributed by atoms with E-state index < -0.39 is 0 Å². The van der Waals surface area contributed by atoms with Crippen molar-refractivity contribution in [3.8, 4) is 12.1 Å². The van der Waals surface area contributed by atoms with Crippen LogP contribution < -0.4 is 11.0 Å². The zero-order valence-electron chi connectivity index (χ0n) is 11.0. The van der Waals surface area contributed by atoms with Crippen LogP contribution in [-0.2, 0) is 7.05 Å². The Hall–Kier alpha value is -3.12. The summed E-state index contributed by atoms with van der Waals surface area (Å²) in [7, 11) is 1.71. The van der Waals surface area contributed by atoms with Crippen LogP contribution in [0.15, 0.2) is 34.2 Å². The first-order valence-corrected chi connectivity index (χ1v) is 5.81. The molecular formula is C14H11N5O. The Morgan fingerprint density at radius 1 is 1.30 bits per heavy atom.